The van der Waals surface area contributed by atoms with Gasteiger partial charge in [0.15, 0.2) is 0 Å². The van der Waals surface area contributed by atoms with E-state index >= 15 is 0 Å². The summed E-state index contributed by atoms with van der Waals surface area (Å²) in [6.07, 6.45) is 3.61. The van der Waals surface area contributed by atoms with Crippen molar-refractivity contribution in [3.8, 4) is 11.1 Å². The van der Waals surface area contributed by atoms with E-state index in [4.69, 9.17) is 0 Å². The Morgan fingerprint density at radius 3 is 2.69 bits per heavy atom. The third-order valence-electron chi connectivity index (χ3n) is 2.31. The maximum Gasteiger partial charge on any atom is 0.134 e. The maximum absolute atomic E-state index is 4.33. The van der Waals surface area contributed by atoms with E-state index in [1.54, 1.807) is 6.20 Å². The van der Waals surface area contributed by atoms with Gasteiger partial charge in [-0.3, -0.25) is 0 Å². The Bertz CT molecular complexity index is 463. The van der Waals surface area contributed by atoms with Crippen molar-refractivity contribution in [3.63, 3.8) is 0 Å². The van der Waals surface area contributed by atoms with Crippen LogP contribution in [0.3, 0.4) is 0 Å². The van der Waals surface area contributed by atoms with Gasteiger partial charge in [0.05, 0.1) is 0 Å². The van der Waals surface area contributed by atoms with E-state index < -0.39 is 0 Å². The summed E-state index contributed by atoms with van der Waals surface area (Å²) >= 11 is 0. The molecule has 2 nitrogen and oxygen atoms in total. The van der Waals surface area contributed by atoms with Crippen molar-refractivity contribution in [2.45, 2.75) is 0 Å². The number of hydrogen-bond donors (Lipinski definition) is 1. The summed E-state index contributed by atoms with van der Waals surface area (Å²) in [4.78, 5) is 4.33. The highest BCUT2D eigenvalue weighted by Gasteiger charge is 2.03. The summed E-state index contributed by atoms with van der Waals surface area (Å²) in [6.45, 7) is 4.41. The van der Waals surface area contributed by atoms with Crippen molar-refractivity contribution in [1.82, 2.24) is 4.98 Å². The van der Waals surface area contributed by atoms with Gasteiger partial charge in [-0.05, 0) is 17.7 Å². The fourth-order valence-corrected chi connectivity index (χ4v) is 1.57. The third-order valence-corrected chi connectivity index (χ3v) is 2.31. The highest BCUT2D eigenvalue weighted by atomic mass is 15.0. The molecule has 80 valence electrons. The number of hydrogen-bond acceptors (Lipinski definition) is 2. The van der Waals surface area contributed by atoms with E-state index in [1.165, 1.54) is 5.56 Å². The summed E-state index contributed by atoms with van der Waals surface area (Å²) in [5.74, 6) is 0.897. The summed E-state index contributed by atoms with van der Waals surface area (Å²) < 4.78 is 0. The monoisotopic (exact) mass is 210 g/mol. The second-order valence-electron chi connectivity index (χ2n) is 3.44. The normalized spacial score (nSPS) is 9.75. The van der Waals surface area contributed by atoms with Crippen LogP contribution in [0.15, 0.2) is 61.3 Å². The predicted octanol–water partition coefficient (Wildman–Crippen LogP) is 3.35. The summed E-state index contributed by atoms with van der Waals surface area (Å²) in [6, 6.07) is 14.2. The molecule has 0 atom stereocenters. The van der Waals surface area contributed by atoms with Gasteiger partial charge in [0.1, 0.15) is 5.82 Å². The Hall–Kier alpha value is -2.09. The van der Waals surface area contributed by atoms with E-state index in [2.05, 4.69) is 35.1 Å². The number of benzene rings is 1. The number of aromatic nitrogens is 1. The van der Waals surface area contributed by atoms with Crippen molar-refractivity contribution in [1.29, 1.82) is 0 Å². The smallest absolute Gasteiger partial charge is 0.134 e. The number of nitrogens with zero attached hydrogens (tertiary/aromatic N) is 1. The van der Waals surface area contributed by atoms with Crippen LogP contribution in [-0.4, -0.2) is 11.5 Å². The van der Waals surface area contributed by atoms with E-state index in [1.807, 2.05) is 30.3 Å². The van der Waals surface area contributed by atoms with E-state index in [0.717, 1.165) is 17.9 Å². The molecule has 0 amide bonds. The quantitative estimate of drug-likeness (QED) is 0.783. The highest BCUT2D eigenvalue weighted by Crippen LogP contribution is 2.25. The molecular weight excluding hydrogens is 196 g/mol. The molecule has 1 aromatic heterocycles. The van der Waals surface area contributed by atoms with E-state index in [0.29, 0.717) is 0 Å². The van der Waals surface area contributed by atoms with Gasteiger partial charge < -0.3 is 5.32 Å². The fraction of sp³-hybridized carbons (Fsp3) is 0.0714. The molecule has 0 aliphatic carbocycles. The van der Waals surface area contributed by atoms with Crippen LogP contribution in [0.5, 0.6) is 0 Å². The van der Waals surface area contributed by atoms with Crippen molar-refractivity contribution in [3.05, 3.63) is 61.3 Å². The highest BCUT2D eigenvalue weighted by molar-refractivity contribution is 5.74. The lowest BCUT2D eigenvalue weighted by Gasteiger charge is -2.09. The molecule has 2 heteroatoms. The van der Waals surface area contributed by atoms with Crippen LogP contribution >= 0.6 is 0 Å². The zero-order valence-electron chi connectivity index (χ0n) is 9.06. The lowest BCUT2D eigenvalue weighted by Crippen LogP contribution is -2.01. The number of pyridine rings is 1. The zero-order chi connectivity index (χ0) is 11.2. The average molecular weight is 210 g/mol. The molecule has 1 N–H and O–H groups in total. The molecule has 1 heterocycles. The van der Waals surface area contributed by atoms with Gasteiger partial charge in [0, 0.05) is 18.3 Å². The minimum Gasteiger partial charge on any atom is -0.366 e. The average Bonchev–Trinajstić information content (AvgIpc) is 2.38. The molecule has 2 aromatic rings. The first-order valence-corrected chi connectivity index (χ1v) is 5.27. The van der Waals surface area contributed by atoms with Crippen molar-refractivity contribution < 1.29 is 0 Å². The molecule has 2 rings (SSSR count). The molecule has 0 radical (unpaired) electrons. The third kappa shape index (κ3) is 2.28. The van der Waals surface area contributed by atoms with Crippen molar-refractivity contribution in [2.75, 3.05) is 11.9 Å². The van der Waals surface area contributed by atoms with Crippen molar-refractivity contribution >= 4 is 5.82 Å². The first-order chi connectivity index (χ1) is 7.92. The zero-order valence-corrected chi connectivity index (χ0v) is 9.06. The molecule has 0 unspecified atom stereocenters. The molecule has 0 spiro atoms. The molecule has 0 saturated carbocycles. The SMILES string of the molecule is C=CCNc1ncccc1-c1ccccc1. The Labute approximate surface area is 95.7 Å². The molecular formula is C14H14N2. The molecule has 16 heavy (non-hydrogen) atoms. The number of nitrogens with one attached hydrogen (secondary N) is 1. The molecule has 1 aromatic carbocycles. The fourth-order valence-electron chi connectivity index (χ4n) is 1.57. The predicted molar refractivity (Wildman–Crippen MR) is 68.4 cm³/mol. The van der Waals surface area contributed by atoms with Gasteiger partial charge in [-0.15, -0.1) is 6.58 Å². The van der Waals surface area contributed by atoms with Gasteiger partial charge in [-0.2, -0.15) is 0 Å². The van der Waals surface area contributed by atoms with Gasteiger partial charge >= 0.3 is 0 Å². The van der Waals surface area contributed by atoms with Crippen LogP contribution in [0.1, 0.15) is 0 Å². The van der Waals surface area contributed by atoms with Crippen LogP contribution in [0.2, 0.25) is 0 Å². The van der Waals surface area contributed by atoms with Gasteiger partial charge in [0.2, 0.25) is 0 Å². The lowest BCUT2D eigenvalue weighted by molar-refractivity contribution is 1.23. The largest absolute Gasteiger partial charge is 0.366 e. The maximum atomic E-state index is 4.33. The van der Waals surface area contributed by atoms with Crippen LogP contribution in [0, 0.1) is 0 Å². The molecule has 0 saturated heterocycles. The van der Waals surface area contributed by atoms with Crippen molar-refractivity contribution in [2.24, 2.45) is 0 Å². The summed E-state index contributed by atoms with van der Waals surface area (Å²) in [5, 5.41) is 3.23. The first kappa shape index (κ1) is 10.4. The Balaban J connectivity index is 2.36. The van der Waals surface area contributed by atoms with Gasteiger partial charge in [-0.25, -0.2) is 4.98 Å². The Morgan fingerprint density at radius 1 is 1.12 bits per heavy atom. The number of rotatable bonds is 4. The van der Waals surface area contributed by atoms with E-state index in [-0.39, 0.29) is 0 Å². The summed E-state index contributed by atoms with van der Waals surface area (Å²) in [5.41, 5.74) is 2.28. The Morgan fingerprint density at radius 2 is 1.94 bits per heavy atom. The lowest BCUT2D eigenvalue weighted by atomic mass is 10.1. The minimum absolute atomic E-state index is 0.719. The Kier molecular flexibility index (Phi) is 3.34. The van der Waals surface area contributed by atoms with Crippen LogP contribution in [-0.2, 0) is 0 Å². The number of anilines is 1. The second-order valence-corrected chi connectivity index (χ2v) is 3.44. The topological polar surface area (TPSA) is 24.9 Å². The van der Waals surface area contributed by atoms with E-state index in [9.17, 15) is 0 Å². The molecule has 0 fully saturated rings. The summed E-state index contributed by atoms with van der Waals surface area (Å²) in [7, 11) is 0. The second kappa shape index (κ2) is 5.12. The van der Waals surface area contributed by atoms with Gasteiger partial charge in [-0.1, -0.05) is 36.4 Å². The van der Waals surface area contributed by atoms with Crippen LogP contribution in [0.25, 0.3) is 11.1 Å². The van der Waals surface area contributed by atoms with Gasteiger partial charge in [0.25, 0.3) is 0 Å². The minimum atomic E-state index is 0.719. The van der Waals surface area contributed by atoms with Crippen LogP contribution < -0.4 is 5.32 Å². The standard InChI is InChI=1S/C14H14N2/c1-2-10-15-14-13(9-6-11-16-14)12-7-4-3-5-8-12/h2-9,11H,1,10H2,(H,15,16). The van der Waals surface area contributed by atoms with Crippen LogP contribution in [0.4, 0.5) is 5.82 Å². The molecule has 0 aliphatic rings. The molecule has 0 bridgehead atoms. The molecule has 0 aliphatic heterocycles. The first-order valence-electron chi connectivity index (χ1n) is 5.27.